The van der Waals surface area contributed by atoms with Crippen molar-refractivity contribution >= 4 is 5.97 Å². The van der Waals surface area contributed by atoms with Gasteiger partial charge in [-0.25, -0.2) is 0 Å². The summed E-state index contributed by atoms with van der Waals surface area (Å²) < 4.78 is 16.2. The minimum atomic E-state index is -0.285. The van der Waals surface area contributed by atoms with E-state index in [1.165, 1.54) is 7.11 Å². The number of benzene rings is 2. The Morgan fingerprint density at radius 2 is 2.08 bits per heavy atom. The summed E-state index contributed by atoms with van der Waals surface area (Å²) in [4.78, 5) is 12.0. The first kappa shape index (κ1) is 16.2. The van der Waals surface area contributed by atoms with Gasteiger partial charge in [-0.3, -0.25) is 4.79 Å². The van der Waals surface area contributed by atoms with Crippen LogP contribution in [0.25, 0.3) is 0 Å². The number of phenolic OH excluding ortho intramolecular Hbond substituents is 1. The molecular formula is C19H20O5. The summed E-state index contributed by atoms with van der Waals surface area (Å²) in [6, 6.07) is 10.7. The van der Waals surface area contributed by atoms with Crippen LogP contribution in [-0.2, 0) is 4.79 Å². The van der Waals surface area contributed by atoms with Gasteiger partial charge in [0, 0.05) is 17.5 Å². The number of hydrogen-bond acceptors (Lipinski definition) is 5. The highest BCUT2D eigenvalue weighted by Gasteiger charge is 2.29. The Bertz CT molecular complexity index is 753. The SMILES string of the molecule is CCCOc1ccc2c(c1)OC(=O)C[C@H]2c1ccc(O)c(OC)c1. The smallest absolute Gasteiger partial charge is 0.312 e. The molecule has 0 radical (unpaired) electrons. The topological polar surface area (TPSA) is 65.0 Å². The minimum absolute atomic E-state index is 0.0724. The molecule has 0 fully saturated rings. The Morgan fingerprint density at radius 1 is 1.25 bits per heavy atom. The highest BCUT2D eigenvalue weighted by atomic mass is 16.5. The van der Waals surface area contributed by atoms with Crippen LogP contribution >= 0.6 is 0 Å². The number of fused-ring (bicyclic) bond motifs is 1. The van der Waals surface area contributed by atoms with Crippen LogP contribution in [-0.4, -0.2) is 24.8 Å². The molecule has 1 atom stereocenters. The molecule has 0 aromatic heterocycles. The first-order valence-corrected chi connectivity index (χ1v) is 7.96. The average molecular weight is 328 g/mol. The maximum atomic E-state index is 12.0. The molecule has 126 valence electrons. The lowest BCUT2D eigenvalue weighted by molar-refractivity contribution is -0.135. The summed E-state index contributed by atoms with van der Waals surface area (Å²) >= 11 is 0. The van der Waals surface area contributed by atoms with Crippen LogP contribution < -0.4 is 14.2 Å². The quantitative estimate of drug-likeness (QED) is 0.671. The van der Waals surface area contributed by atoms with E-state index < -0.39 is 0 Å². The predicted octanol–water partition coefficient (Wildman–Crippen LogP) is 3.63. The Kier molecular flexibility index (Phi) is 4.60. The Balaban J connectivity index is 1.98. The fourth-order valence-electron chi connectivity index (χ4n) is 2.85. The zero-order valence-corrected chi connectivity index (χ0v) is 13.7. The minimum Gasteiger partial charge on any atom is -0.504 e. The summed E-state index contributed by atoms with van der Waals surface area (Å²) in [6.45, 7) is 2.65. The lowest BCUT2D eigenvalue weighted by Crippen LogP contribution is -2.21. The van der Waals surface area contributed by atoms with Gasteiger partial charge in [0.05, 0.1) is 20.1 Å². The van der Waals surface area contributed by atoms with Gasteiger partial charge in [-0.2, -0.15) is 0 Å². The van der Waals surface area contributed by atoms with Crippen molar-refractivity contribution < 1.29 is 24.1 Å². The van der Waals surface area contributed by atoms with Gasteiger partial charge < -0.3 is 19.3 Å². The molecule has 2 aromatic carbocycles. The molecule has 0 aliphatic carbocycles. The van der Waals surface area contributed by atoms with E-state index in [9.17, 15) is 9.90 Å². The molecule has 24 heavy (non-hydrogen) atoms. The van der Waals surface area contributed by atoms with Crippen LogP contribution in [0, 0.1) is 0 Å². The maximum absolute atomic E-state index is 12.0. The standard InChI is InChI=1S/C19H20O5/c1-3-8-23-13-5-6-14-15(11-19(21)24-17(14)10-13)12-4-7-16(20)18(9-12)22-2/h4-7,9-10,15,20H,3,8,11H2,1-2H3/t15-/m0/s1. The second kappa shape index (κ2) is 6.83. The summed E-state index contributed by atoms with van der Waals surface area (Å²) in [5.74, 6) is 1.24. The van der Waals surface area contributed by atoms with Gasteiger partial charge in [0.25, 0.3) is 0 Å². The Hall–Kier alpha value is -2.69. The summed E-state index contributed by atoms with van der Waals surface area (Å²) in [5, 5.41) is 9.77. The van der Waals surface area contributed by atoms with Gasteiger partial charge in [-0.1, -0.05) is 19.1 Å². The number of ether oxygens (including phenoxy) is 3. The number of esters is 1. The third kappa shape index (κ3) is 3.15. The van der Waals surface area contributed by atoms with Gasteiger partial charge >= 0.3 is 5.97 Å². The van der Waals surface area contributed by atoms with E-state index in [4.69, 9.17) is 14.2 Å². The highest BCUT2D eigenvalue weighted by Crippen LogP contribution is 2.42. The monoisotopic (exact) mass is 328 g/mol. The van der Waals surface area contributed by atoms with Crippen LogP contribution in [0.5, 0.6) is 23.0 Å². The summed E-state index contributed by atoms with van der Waals surface area (Å²) in [5.41, 5.74) is 1.82. The molecule has 0 bridgehead atoms. The molecule has 1 aliphatic rings. The van der Waals surface area contributed by atoms with Gasteiger partial charge in [0.1, 0.15) is 11.5 Å². The van der Waals surface area contributed by atoms with E-state index in [0.29, 0.717) is 23.9 Å². The fourth-order valence-corrected chi connectivity index (χ4v) is 2.85. The lowest BCUT2D eigenvalue weighted by Gasteiger charge is -2.25. The number of methoxy groups -OCH3 is 1. The number of carbonyl (C=O) groups excluding carboxylic acids is 1. The first-order valence-electron chi connectivity index (χ1n) is 7.96. The van der Waals surface area contributed by atoms with E-state index in [1.54, 1.807) is 24.3 Å². The van der Waals surface area contributed by atoms with Crippen LogP contribution in [0.4, 0.5) is 0 Å². The molecule has 1 aliphatic heterocycles. The van der Waals surface area contributed by atoms with Gasteiger partial charge in [0.2, 0.25) is 0 Å². The van der Waals surface area contributed by atoms with Crippen molar-refractivity contribution in [3.8, 4) is 23.0 Å². The number of hydrogen-bond donors (Lipinski definition) is 1. The molecule has 0 unspecified atom stereocenters. The molecule has 5 nitrogen and oxygen atoms in total. The van der Waals surface area contributed by atoms with Gasteiger partial charge in [0.15, 0.2) is 11.5 Å². The molecule has 3 rings (SSSR count). The van der Waals surface area contributed by atoms with Crippen molar-refractivity contribution in [2.45, 2.75) is 25.7 Å². The van der Waals surface area contributed by atoms with E-state index >= 15 is 0 Å². The van der Waals surface area contributed by atoms with Gasteiger partial charge in [-0.15, -0.1) is 0 Å². The van der Waals surface area contributed by atoms with Crippen LogP contribution in [0.2, 0.25) is 0 Å². The number of phenols is 1. The number of aromatic hydroxyl groups is 1. The molecule has 2 aromatic rings. The van der Waals surface area contributed by atoms with Crippen LogP contribution in [0.15, 0.2) is 36.4 Å². The third-order valence-corrected chi connectivity index (χ3v) is 4.03. The average Bonchev–Trinajstić information content (AvgIpc) is 2.59. The molecule has 1 heterocycles. The van der Waals surface area contributed by atoms with Crippen LogP contribution in [0.1, 0.15) is 36.8 Å². The van der Waals surface area contributed by atoms with Crippen molar-refractivity contribution in [3.63, 3.8) is 0 Å². The van der Waals surface area contributed by atoms with E-state index in [0.717, 1.165) is 17.5 Å². The van der Waals surface area contributed by atoms with Crippen molar-refractivity contribution in [1.82, 2.24) is 0 Å². The Morgan fingerprint density at radius 3 is 2.83 bits per heavy atom. The lowest BCUT2D eigenvalue weighted by atomic mass is 9.86. The first-order chi connectivity index (χ1) is 11.6. The zero-order chi connectivity index (χ0) is 17.1. The maximum Gasteiger partial charge on any atom is 0.312 e. The van der Waals surface area contributed by atoms with E-state index in [2.05, 4.69) is 0 Å². The zero-order valence-electron chi connectivity index (χ0n) is 13.7. The van der Waals surface area contributed by atoms with E-state index in [-0.39, 0.29) is 24.1 Å². The largest absolute Gasteiger partial charge is 0.504 e. The van der Waals surface area contributed by atoms with Crippen molar-refractivity contribution in [1.29, 1.82) is 0 Å². The number of rotatable bonds is 5. The second-order valence-electron chi connectivity index (χ2n) is 5.71. The van der Waals surface area contributed by atoms with Crippen molar-refractivity contribution in [2.75, 3.05) is 13.7 Å². The fraction of sp³-hybridized carbons (Fsp3) is 0.316. The van der Waals surface area contributed by atoms with Crippen molar-refractivity contribution in [3.05, 3.63) is 47.5 Å². The van der Waals surface area contributed by atoms with Gasteiger partial charge in [-0.05, 0) is 30.2 Å². The highest BCUT2D eigenvalue weighted by molar-refractivity contribution is 5.78. The van der Waals surface area contributed by atoms with Crippen LogP contribution in [0.3, 0.4) is 0 Å². The van der Waals surface area contributed by atoms with E-state index in [1.807, 2.05) is 19.1 Å². The third-order valence-electron chi connectivity index (χ3n) is 4.03. The Labute approximate surface area is 140 Å². The predicted molar refractivity (Wildman–Crippen MR) is 89.0 cm³/mol. The van der Waals surface area contributed by atoms with Crippen molar-refractivity contribution in [2.24, 2.45) is 0 Å². The molecule has 1 N–H and O–H groups in total. The molecule has 0 saturated carbocycles. The normalized spacial score (nSPS) is 16.2. The molecule has 5 heteroatoms. The molecule has 0 amide bonds. The summed E-state index contributed by atoms with van der Waals surface area (Å²) in [6.07, 6.45) is 1.16. The summed E-state index contributed by atoms with van der Waals surface area (Å²) in [7, 11) is 1.50. The molecule has 0 saturated heterocycles. The second-order valence-corrected chi connectivity index (χ2v) is 5.71. The number of carbonyl (C=O) groups is 1. The molecular weight excluding hydrogens is 308 g/mol. The molecule has 0 spiro atoms.